The predicted octanol–water partition coefficient (Wildman–Crippen LogP) is 2.15. The minimum atomic E-state index is -0.0122. The molecule has 96 valence electrons. The van der Waals surface area contributed by atoms with E-state index in [9.17, 15) is 0 Å². The van der Waals surface area contributed by atoms with Crippen LogP contribution in [-0.2, 0) is 0 Å². The molecule has 1 aromatic carbocycles. The van der Waals surface area contributed by atoms with Crippen molar-refractivity contribution >= 4 is 18.8 Å². The van der Waals surface area contributed by atoms with Crippen LogP contribution < -0.4 is 10.6 Å². The summed E-state index contributed by atoms with van der Waals surface area (Å²) in [5, 5.41) is 2.29. The molecule has 3 rings (SSSR count). The SMILES string of the molecule is SC1N=c2ccccc2=CN1CC1CCCCC1. The second-order valence-corrected chi connectivity index (χ2v) is 5.83. The maximum absolute atomic E-state index is 4.65. The molecule has 1 saturated carbocycles. The van der Waals surface area contributed by atoms with Gasteiger partial charge in [0.15, 0.2) is 5.50 Å². The van der Waals surface area contributed by atoms with E-state index in [1.165, 1.54) is 37.3 Å². The lowest BCUT2D eigenvalue weighted by molar-refractivity contribution is 0.260. The van der Waals surface area contributed by atoms with Gasteiger partial charge >= 0.3 is 0 Å². The van der Waals surface area contributed by atoms with Crippen LogP contribution in [0.5, 0.6) is 0 Å². The van der Waals surface area contributed by atoms with Gasteiger partial charge < -0.3 is 4.90 Å². The van der Waals surface area contributed by atoms with Crippen LogP contribution in [0.4, 0.5) is 0 Å². The van der Waals surface area contributed by atoms with Gasteiger partial charge in [-0.15, -0.1) is 12.6 Å². The second kappa shape index (κ2) is 5.35. The van der Waals surface area contributed by atoms with Crippen molar-refractivity contribution in [3.63, 3.8) is 0 Å². The first-order valence-electron chi connectivity index (χ1n) is 6.91. The molecule has 0 amide bonds. The summed E-state index contributed by atoms with van der Waals surface area (Å²) in [6.07, 6.45) is 9.16. The molecule has 1 unspecified atom stereocenters. The van der Waals surface area contributed by atoms with Gasteiger partial charge in [0, 0.05) is 18.0 Å². The molecule has 1 heterocycles. The van der Waals surface area contributed by atoms with Gasteiger partial charge in [0.05, 0.1) is 5.36 Å². The maximum Gasteiger partial charge on any atom is 0.166 e. The molecule has 1 fully saturated rings. The number of fused-ring (bicyclic) bond motifs is 1. The van der Waals surface area contributed by atoms with E-state index < -0.39 is 0 Å². The van der Waals surface area contributed by atoms with Crippen molar-refractivity contribution in [3.05, 3.63) is 34.8 Å². The van der Waals surface area contributed by atoms with E-state index in [4.69, 9.17) is 0 Å². The van der Waals surface area contributed by atoms with Crippen molar-refractivity contribution in [2.45, 2.75) is 37.6 Å². The van der Waals surface area contributed by atoms with Crippen LogP contribution in [-0.4, -0.2) is 16.9 Å². The third-order valence-electron chi connectivity index (χ3n) is 3.99. The largest absolute Gasteiger partial charge is 0.347 e. The summed E-state index contributed by atoms with van der Waals surface area (Å²) < 4.78 is 0. The van der Waals surface area contributed by atoms with Crippen molar-refractivity contribution in [2.24, 2.45) is 10.9 Å². The molecule has 18 heavy (non-hydrogen) atoms. The summed E-state index contributed by atoms with van der Waals surface area (Å²) in [4.78, 5) is 6.94. The molecular formula is C15H20N2S. The molecule has 2 nitrogen and oxygen atoms in total. The Morgan fingerprint density at radius 1 is 1.17 bits per heavy atom. The Morgan fingerprint density at radius 2 is 1.94 bits per heavy atom. The lowest BCUT2D eigenvalue weighted by atomic mass is 9.89. The van der Waals surface area contributed by atoms with E-state index in [1.807, 2.05) is 6.07 Å². The van der Waals surface area contributed by atoms with E-state index in [1.54, 1.807) is 0 Å². The number of rotatable bonds is 2. The molecule has 1 atom stereocenters. The van der Waals surface area contributed by atoms with E-state index in [0.29, 0.717) is 0 Å². The second-order valence-electron chi connectivity index (χ2n) is 5.36. The minimum absolute atomic E-state index is 0.0122. The van der Waals surface area contributed by atoms with Crippen molar-refractivity contribution < 1.29 is 0 Å². The fraction of sp³-hybridized carbons (Fsp3) is 0.533. The van der Waals surface area contributed by atoms with E-state index in [2.05, 4.69) is 46.9 Å². The van der Waals surface area contributed by atoms with Crippen molar-refractivity contribution in [3.8, 4) is 0 Å². The number of benzene rings is 1. The Kier molecular flexibility index (Phi) is 3.59. The summed E-state index contributed by atoms with van der Waals surface area (Å²) in [7, 11) is 0. The molecule has 1 aromatic rings. The molecule has 0 aromatic heterocycles. The Balaban J connectivity index is 1.79. The number of para-hydroxylation sites is 1. The highest BCUT2D eigenvalue weighted by atomic mass is 32.1. The van der Waals surface area contributed by atoms with Gasteiger partial charge in [-0.3, -0.25) is 0 Å². The van der Waals surface area contributed by atoms with Gasteiger partial charge in [-0.1, -0.05) is 37.5 Å². The van der Waals surface area contributed by atoms with E-state index in [-0.39, 0.29) is 5.50 Å². The van der Waals surface area contributed by atoms with Gasteiger partial charge in [-0.05, 0) is 24.8 Å². The first-order valence-corrected chi connectivity index (χ1v) is 7.43. The highest BCUT2D eigenvalue weighted by Crippen LogP contribution is 2.25. The molecule has 1 aliphatic carbocycles. The van der Waals surface area contributed by atoms with Crippen LogP contribution in [0.25, 0.3) is 6.20 Å². The van der Waals surface area contributed by atoms with Crippen LogP contribution in [0.1, 0.15) is 32.1 Å². The summed E-state index contributed by atoms with van der Waals surface area (Å²) in [5.74, 6) is 0.824. The Bertz CT molecular complexity index is 520. The average Bonchev–Trinajstić information content (AvgIpc) is 2.41. The van der Waals surface area contributed by atoms with E-state index >= 15 is 0 Å². The van der Waals surface area contributed by atoms with Crippen LogP contribution in [0.2, 0.25) is 0 Å². The molecular weight excluding hydrogens is 240 g/mol. The van der Waals surface area contributed by atoms with Gasteiger partial charge in [0.1, 0.15) is 0 Å². The molecule has 3 heteroatoms. The van der Waals surface area contributed by atoms with E-state index in [0.717, 1.165) is 17.8 Å². The number of nitrogens with zero attached hydrogens (tertiary/aromatic N) is 2. The maximum atomic E-state index is 4.65. The Labute approximate surface area is 114 Å². The molecule has 0 saturated heterocycles. The molecule has 0 spiro atoms. The van der Waals surface area contributed by atoms with Gasteiger partial charge in [-0.2, -0.15) is 0 Å². The normalized spacial score (nSPS) is 24.1. The lowest BCUT2D eigenvalue weighted by Crippen LogP contribution is -2.41. The molecule has 0 N–H and O–H groups in total. The fourth-order valence-electron chi connectivity index (χ4n) is 2.97. The molecule has 0 bridgehead atoms. The fourth-order valence-corrected chi connectivity index (χ4v) is 3.26. The van der Waals surface area contributed by atoms with Crippen molar-refractivity contribution in [2.75, 3.05) is 6.54 Å². The number of hydrogen-bond acceptors (Lipinski definition) is 3. The number of thiol groups is 1. The summed E-state index contributed by atoms with van der Waals surface area (Å²) in [6.45, 7) is 1.10. The summed E-state index contributed by atoms with van der Waals surface area (Å²) >= 11 is 4.61. The minimum Gasteiger partial charge on any atom is -0.347 e. The zero-order valence-electron chi connectivity index (χ0n) is 10.6. The average molecular weight is 260 g/mol. The van der Waals surface area contributed by atoms with Crippen molar-refractivity contribution in [1.82, 2.24) is 4.90 Å². The van der Waals surface area contributed by atoms with Gasteiger partial charge in [0.25, 0.3) is 0 Å². The Hall–Kier alpha value is -0.960. The first kappa shape index (κ1) is 12.1. The van der Waals surface area contributed by atoms with Crippen LogP contribution in [0.3, 0.4) is 0 Å². The molecule has 1 aliphatic heterocycles. The number of hydrogen-bond donors (Lipinski definition) is 1. The third kappa shape index (κ3) is 2.56. The molecule has 0 radical (unpaired) electrons. The third-order valence-corrected chi connectivity index (χ3v) is 4.40. The van der Waals surface area contributed by atoms with Crippen LogP contribution in [0.15, 0.2) is 29.3 Å². The predicted molar refractivity (Wildman–Crippen MR) is 77.7 cm³/mol. The zero-order chi connectivity index (χ0) is 12.4. The topological polar surface area (TPSA) is 15.6 Å². The van der Waals surface area contributed by atoms with Gasteiger partial charge in [0.2, 0.25) is 0 Å². The first-order chi connectivity index (χ1) is 8.83. The highest BCUT2D eigenvalue weighted by Gasteiger charge is 2.20. The smallest absolute Gasteiger partial charge is 0.166 e. The highest BCUT2D eigenvalue weighted by molar-refractivity contribution is 7.80. The quantitative estimate of drug-likeness (QED) is 0.806. The zero-order valence-corrected chi connectivity index (χ0v) is 11.5. The van der Waals surface area contributed by atoms with Crippen LogP contribution in [0, 0.1) is 5.92 Å². The summed E-state index contributed by atoms with van der Waals surface area (Å²) in [6, 6.07) is 8.30. The monoisotopic (exact) mass is 260 g/mol. The van der Waals surface area contributed by atoms with Gasteiger partial charge in [-0.25, -0.2) is 4.99 Å². The summed E-state index contributed by atoms with van der Waals surface area (Å²) in [5.41, 5.74) is -0.0122. The molecule has 2 aliphatic rings. The van der Waals surface area contributed by atoms with Crippen molar-refractivity contribution in [1.29, 1.82) is 0 Å². The lowest BCUT2D eigenvalue weighted by Gasteiger charge is -2.32. The Morgan fingerprint density at radius 3 is 2.78 bits per heavy atom. The van der Waals surface area contributed by atoms with Crippen LogP contribution >= 0.6 is 12.6 Å². The standard InChI is InChI=1S/C15H20N2S/c18-15-16-14-9-5-4-8-13(14)11-17(15)10-12-6-2-1-3-7-12/h4-5,8-9,11-12,15,18H,1-3,6-7,10H2.